The number of carbonyl (C=O) groups is 1. The van der Waals surface area contributed by atoms with Crippen molar-refractivity contribution in [1.82, 2.24) is 10.2 Å². The van der Waals surface area contributed by atoms with Crippen molar-refractivity contribution >= 4 is 11.8 Å². The second-order valence-electron chi connectivity index (χ2n) is 9.72. The fourth-order valence-electron chi connectivity index (χ4n) is 5.74. The molecule has 5 heteroatoms. The number of terminal acetylenes is 1. The molecule has 2 N–H and O–H groups in total. The number of carbonyl (C=O) groups excluding carboxylic acids is 1. The predicted molar refractivity (Wildman–Crippen MR) is 145 cm³/mol. The minimum Gasteiger partial charge on any atom is -0.448 e. The van der Waals surface area contributed by atoms with Gasteiger partial charge in [-0.2, -0.15) is 0 Å². The number of benzene rings is 3. The highest BCUT2D eigenvalue weighted by molar-refractivity contribution is 5.88. The highest BCUT2D eigenvalue weighted by Gasteiger charge is 2.29. The minimum absolute atomic E-state index is 0.0212. The zero-order valence-corrected chi connectivity index (χ0v) is 21.3. The summed E-state index contributed by atoms with van der Waals surface area (Å²) in [4.78, 5) is 15.5. The molecule has 0 unspecified atom stereocenters. The smallest absolute Gasteiger partial charge is 0.411 e. The van der Waals surface area contributed by atoms with E-state index in [1.54, 1.807) is 0 Å². The maximum Gasteiger partial charge on any atom is 0.411 e. The van der Waals surface area contributed by atoms with Crippen LogP contribution in [0.4, 0.5) is 10.5 Å². The number of hydrogen-bond donors (Lipinski definition) is 2. The van der Waals surface area contributed by atoms with Crippen LogP contribution in [0, 0.1) is 33.1 Å². The Morgan fingerprint density at radius 3 is 2.22 bits per heavy atom. The number of amides is 1. The quantitative estimate of drug-likeness (QED) is 0.484. The van der Waals surface area contributed by atoms with E-state index in [0.717, 1.165) is 60.7 Å². The van der Waals surface area contributed by atoms with Gasteiger partial charge >= 0.3 is 6.09 Å². The van der Waals surface area contributed by atoms with Crippen LogP contribution in [-0.2, 0) is 11.3 Å². The van der Waals surface area contributed by atoms with Gasteiger partial charge in [-0.15, -0.1) is 6.42 Å². The van der Waals surface area contributed by atoms with Gasteiger partial charge in [-0.1, -0.05) is 54.5 Å². The summed E-state index contributed by atoms with van der Waals surface area (Å²) in [6.07, 6.45) is 5.46. The van der Waals surface area contributed by atoms with Gasteiger partial charge in [0.2, 0.25) is 0 Å². The van der Waals surface area contributed by atoms with E-state index in [0.29, 0.717) is 0 Å². The lowest BCUT2D eigenvalue weighted by Gasteiger charge is -2.30. The maximum atomic E-state index is 13.1. The highest BCUT2D eigenvalue weighted by Crippen LogP contribution is 2.44. The summed E-state index contributed by atoms with van der Waals surface area (Å²) in [5.74, 6) is 2.88. The molecule has 1 amide bonds. The number of anilines is 1. The van der Waals surface area contributed by atoms with Crippen molar-refractivity contribution < 1.29 is 9.53 Å². The summed E-state index contributed by atoms with van der Waals surface area (Å²) < 4.78 is 5.83. The first-order valence-electron chi connectivity index (χ1n) is 12.6. The van der Waals surface area contributed by atoms with Crippen LogP contribution in [0.3, 0.4) is 0 Å². The zero-order valence-electron chi connectivity index (χ0n) is 21.3. The van der Waals surface area contributed by atoms with Gasteiger partial charge in [0.1, 0.15) is 6.61 Å². The number of hydrogen-bond acceptors (Lipinski definition) is 4. The molecule has 0 radical (unpaired) electrons. The first-order chi connectivity index (χ1) is 17.5. The van der Waals surface area contributed by atoms with E-state index in [9.17, 15) is 4.79 Å². The molecular formula is C31H33N3O2. The van der Waals surface area contributed by atoms with Gasteiger partial charge in [0.15, 0.2) is 0 Å². The molecular weight excluding hydrogens is 446 g/mol. The van der Waals surface area contributed by atoms with Crippen molar-refractivity contribution in [3.63, 3.8) is 0 Å². The molecule has 0 bridgehead atoms. The first-order valence-corrected chi connectivity index (χ1v) is 12.6. The van der Waals surface area contributed by atoms with Crippen LogP contribution < -0.4 is 10.6 Å². The summed E-state index contributed by atoms with van der Waals surface area (Å²) >= 11 is 0. The van der Waals surface area contributed by atoms with E-state index in [-0.39, 0.29) is 12.5 Å². The number of nitrogens with one attached hydrogen (secondary N) is 2. The van der Waals surface area contributed by atoms with E-state index >= 15 is 0 Å². The second kappa shape index (κ2) is 10.2. The van der Waals surface area contributed by atoms with E-state index in [4.69, 9.17) is 11.2 Å². The Hall–Kier alpha value is -3.59. The number of ether oxygens (including phenoxy) is 1. The fourth-order valence-corrected chi connectivity index (χ4v) is 5.74. The SMILES string of the molecule is C#Cc1c(C)c(CN2CCNCC2)c(C)c(NC(=O)OCC2c3ccccc3-c3ccccc32)c1C. The summed E-state index contributed by atoms with van der Waals surface area (Å²) in [5, 5.41) is 6.44. The van der Waals surface area contributed by atoms with Crippen molar-refractivity contribution in [2.24, 2.45) is 0 Å². The van der Waals surface area contributed by atoms with Gasteiger partial charge in [0.05, 0.1) is 5.69 Å². The van der Waals surface area contributed by atoms with Gasteiger partial charge in [0, 0.05) is 44.2 Å². The molecule has 1 aliphatic carbocycles. The molecule has 1 aliphatic heterocycles. The van der Waals surface area contributed by atoms with E-state index in [2.05, 4.69) is 71.7 Å². The third-order valence-corrected chi connectivity index (χ3v) is 7.71. The molecule has 1 fully saturated rings. The van der Waals surface area contributed by atoms with E-state index in [1.165, 1.54) is 27.8 Å². The normalized spacial score (nSPS) is 15.2. The molecule has 3 aromatic carbocycles. The lowest BCUT2D eigenvalue weighted by Crippen LogP contribution is -2.43. The molecule has 184 valence electrons. The van der Waals surface area contributed by atoms with E-state index < -0.39 is 6.09 Å². The summed E-state index contributed by atoms with van der Waals surface area (Å²) in [7, 11) is 0. The number of fused-ring (bicyclic) bond motifs is 3. The summed E-state index contributed by atoms with van der Waals surface area (Å²) in [6, 6.07) is 16.7. The number of rotatable bonds is 5. The van der Waals surface area contributed by atoms with Crippen LogP contribution >= 0.6 is 0 Å². The van der Waals surface area contributed by atoms with Crippen molar-refractivity contribution in [1.29, 1.82) is 0 Å². The summed E-state index contributed by atoms with van der Waals surface area (Å²) in [5.41, 5.74) is 10.7. The molecule has 2 aliphatic rings. The topological polar surface area (TPSA) is 53.6 Å². The molecule has 36 heavy (non-hydrogen) atoms. The maximum absolute atomic E-state index is 13.1. The standard InChI is InChI=1S/C31H33N3O2/c1-5-23-20(2)28(18-34-16-14-32-15-17-34)22(4)30(21(23)3)33-31(35)36-19-29-26-12-8-6-10-24(26)25-11-7-9-13-27(25)29/h1,6-13,29,32H,14-19H2,2-4H3,(H,33,35). The van der Waals surface area contributed by atoms with Crippen LogP contribution in [0.25, 0.3) is 11.1 Å². The summed E-state index contributed by atoms with van der Waals surface area (Å²) in [6.45, 7) is 11.2. The van der Waals surface area contributed by atoms with Crippen LogP contribution in [0.5, 0.6) is 0 Å². The average molecular weight is 480 g/mol. The third kappa shape index (κ3) is 4.39. The second-order valence-corrected chi connectivity index (χ2v) is 9.72. The molecule has 5 rings (SSSR count). The Morgan fingerprint density at radius 1 is 1.00 bits per heavy atom. The Labute approximate surface area is 213 Å². The molecule has 0 spiro atoms. The average Bonchev–Trinajstić information content (AvgIpc) is 3.22. The molecule has 3 aromatic rings. The fraction of sp³-hybridized carbons (Fsp3) is 0.323. The third-order valence-electron chi connectivity index (χ3n) is 7.71. The molecule has 5 nitrogen and oxygen atoms in total. The highest BCUT2D eigenvalue weighted by atomic mass is 16.5. The predicted octanol–water partition coefficient (Wildman–Crippen LogP) is 5.36. The van der Waals surface area contributed by atoms with Crippen LogP contribution in [0.15, 0.2) is 48.5 Å². The van der Waals surface area contributed by atoms with Crippen LogP contribution in [0.1, 0.15) is 44.9 Å². The lowest BCUT2D eigenvalue weighted by molar-refractivity contribution is 0.158. The molecule has 0 atom stereocenters. The minimum atomic E-state index is -0.456. The number of nitrogens with zero attached hydrogens (tertiary/aromatic N) is 1. The Bertz CT molecular complexity index is 1300. The van der Waals surface area contributed by atoms with E-state index in [1.807, 2.05) is 19.1 Å². The lowest BCUT2D eigenvalue weighted by atomic mass is 9.91. The number of piperazine rings is 1. The van der Waals surface area contributed by atoms with Gasteiger partial charge in [0.25, 0.3) is 0 Å². The van der Waals surface area contributed by atoms with Crippen molar-refractivity contribution in [3.05, 3.63) is 87.5 Å². The van der Waals surface area contributed by atoms with Gasteiger partial charge < -0.3 is 10.1 Å². The van der Waals surface area contributed by atoms with Gasteiger partial charge in [-0.05, 0) is 65.3 Å². The molecule has 1 saturated heterocycles. The molecule has 0 saturated carbocycles. The first kappa shape index (κ1) is 24.1. The molecule has 0 aromatic heterocycles. The van der Waals surface area contributed by atoms with Crippen molar-refractivity contribution in [3.8, 4) is 23.5 Å². The van der Waals surface area contributed by atoms with Crippen molar-refractivity contribution in [2.75, 3.05) is 38.1 Å². The molecule has 1 heterocycles. The monoisotopic (exact) mass is 479 g/mol. The van der Waals surface area contributed by atoms with Crippen molar-refractivity contribution in [2.45, 2.75) is 33.2 Å². The van der Waals surface area contributed by atoms with Gasteiger partial charge in [-0.3, -0.25) is 10.2 Å². The largest absolute Gasteiger partial charge is 0.448 e. The zero-order chi connectivity index (χ0) is 25.2. The Balaban J connectivity index is 1.37. The van der Waals surface area contributed by atoms with Gasteiger partial charge in [-0.25, -0.2) is 4.79 Å². The Morgan fingerprint density at radius 2 is 1.61 bits per heavy atom. The Kier molecular flexibility index (Phi) is 6.82. The van der Waals surface area contributed by atoms with Crippen LogP contribution in [0.2, 0.25) is 0 Å². The van der Waals surface area contributed by atoms with Crippen LogP contribution in [-0.4, -0.2) is 43.8 Å².